The van der Waals surface area contributed by atoms with Crippen molar-refractivity contribution in [1.29, 1.82) is 0 Å². The van der Waals surface area contributed by atoms with Crippen LogP contribution in [0.3, 0.4) is 0 Å². The summed E-state index contributed by atoms with van der Waals surface area (Å²) in [5.41, 5.74) is 3.94. The maximum absolute atomic E-state index is 12.1. The minimum Gasteiger partial charge on any atom is -0.342 e. The van der Waals surface area contributed by atoms with Crippen molar-refractivity contribution in [3.05, 3.63) is 34.9 Å². The van der Waals surface area contributed by atoms with Crippen molar-refractivity contribution in [3.63, 3.8) is 0 Å². The van der Waals surface area contributed by atoms with Crippen LogP contribution in [0.5, 0.6) is 0 Å². The summed E-state index contributed by atoms with van der Waals surface area (Å²) >= 11 is 0. The van der Waals surface area contributed by atoms with Gasteiger partial charge in [-0.05, 0) is 61.8 Å². The van der Waals surface area contributed by atoms with Gasteiger partial charge in [-0.25, -0.2) is 0 Å². The summed E-state index contributed by atoms with van der Waals surface area (Å²) < 4.78 is 0. The highest BCUT2D eigenvalue weighted by Crippen LogP contribution is 2.51. The number of carbonyl (C=O) groups excluding carboxylic acids is 1. The lowest BCUT2D eigenvalue weighted by Gasteiger charge is -2.19. The summed E-state index contributed by atoms with van der Waals surface area (Å²) in [6.07, 6.45) is 3.80. The quantitative estimate of drug-likeness (QED) is 0.794. The van der Waals surface area contributed by atoms with E-state index in [0.29, 0.717) is 5.41 Å². The van der Waals surface area contributed by atoms with E-state index in [1.165, 1.54) is 30.4 Å². The predicted octanol–water partition coefficient (Wildman–Crippen LogP) is 3.53. The second-order valence-corrected chi connectivity index (χ2v) is 5.48. The van der Waals surface area contributed by atoms with Crippen molar-refractivity contribution in [2.24, 2.45) is 0 Å². The molecule has 18 heavy (non-hydrogen) atoms. The molecule has 0 saturated heterocycles. The highest BCUT2D eigenvalue weighted by atomic mass is 16.2. The summed E-state index contributed by atoms with van der Waals surface area (Å²) in [5, 5.41) is 0. The first-order valence-electron chi connectivity index (χ1n) is 6.90. The highest BCUT2D eigenvalue weighted by molar-refractivity contribution is 5.94. The highest BCUT2D eigenvalue weighted by Gasteiger charge is 2.43. The second-order valence-electron chi connectivity index (χ2n) is 5.48. The molecule has 0 N–H and O–H groups in total. The van der Waals surface area contributed by atoms with E-state index in [2.05, 4.69) is 26.0 Å². The minimum absolute atomic E-state index is 0.119. The number of aryl methyl sites for hydroxylation is 1. The van der Waals surface area contributed by atoms with E-state index in [9.17, 15) is 4.79 Å². The Hall–Kier alpha value is -1.31. The molecular weight excluding hydrogens is 222 g/mol. The topological polar surface area (TPSA) is 20.3 Å². The van der Waals surface area contributed by atoms with Crippen molar-refractivity contribution < 1.29 is 4.79 Å². The Labute approximate surface area is 110 Å². The molecule has 0 bridgehead atoms. The van der Waals surface area contributed by atoms with Crippen LogP contribution in [0.25, 0.3) is 0 Å². The molecule has 1 amide bonds. The van der Waals surface area contributed by atoms with Gasteiger partial charge in [0, 0.05) is 19.2 Å². The molecule has 0 aliphatic heterocycles. The average molecular weight is 245 g/mol. The largest absolute Gasteiger partial charge is 0.342 e. The van der Waals surface area contributed by atoms with Gasteiger partial charge in [-0.1, -0.05) is 13.0 Å². The van der Waals surface area contributed by atoms with Gasteiger partial charge in [0.05, 0.1) is 0 Å². The van der Waals surface area contributed by atoms with Crippen LogP contribution in [-0.4, -0.2) is 24.4 Å². The van der Waals surface area contributed by atoms with E-state index >= 15 is 0 Å². The summed E-state index contributed by atoms with van der Waals surface area (Å²) in [5.74, 6) is 0.119. The molecule has 1 fully saturated rings. The van der Waals surface area contributed by atoms with Crippen LogP contribution in [-0.2, 0) is 5.41 Å². The van der Waals surface area contributed by atoms with E-state index in [4.69, 9.17) is 0 Å². The van der Waals surface area contributed by atoms with Crippen molar-refractivity contribution in [3.8, 4) is 0 Å². The van der Waals surface area contributed by atoms with Gasteiger partial charge in [-0.3, -0.25) is 4.79 Å². The molecule has 2 heteroatoms. The molecule has 0 spiro atoms. The molecule has 98 valence electrons. The van der Waals surface area contributed by atoms with Gasteiger partial charge >= 0.3 is 0 Å². The molecule has 0 aromatic heterocycles. The van der Waals surface area contributed by atoms with Crippen LogP contribution >= 0.6 is 0 Å². The van der Waals surface area contributed by atoms with E-state index < -0.39 is 0 Å². The third kappa shape index (κ3) is 2.16. The lowest BCUT2D eigenvalue weighted by atomic mass is 9.88. The summed E-state index contributed by atoms with van der Waals surface area (Å²) in [6.45, 7) is 7.14. The van der Waals surface area contributed by atoms with Crippen LogP contribution in [0, 0.1) is 6.92 Å². The van der Waals surface area contributed by atoms with Gasteiger partial charge in [0.15, 0.2) is 0 Å². The Morgan fingerprint density at radius 3 is 2.44 bits per heavy atom. The van der Waals surface area contributed by atoms with Crippen molar-refractivity contribution in [2.45, 2.75) is 45.4 Å². The van der Waals surface area contributed by atoms with Crippen LogP contribution < -0.4 is 0 Å². The minimum atomic E-state index is 0.119. The standard InChI is InChI=1S/C16H23NO/c1-5-16(9-10-16)14-8-7-13(11-12(14)3)15(18)17(4)6-2/h7-8,11H,5-6,9-10H2,1-4H3. The molecule has 0 radical (unpaired) electrons. The molecule has 2 rings (SSSR count). The molecular formula is C16H23NO. The van der Waals surface area contributed by atoms with Crippen LogP contribution in [0.2, 0.25) is 0 Å². The van der Waals surface area contributed by atoms with Gasteiger partial charge in [0.25, 0.3) is 5.91 Å². The summed E-state index contributed by atoms with van der Waals surface area (Å²) in [6, 6.07) is 6.22. The molecule has 1 saturated carbocycles. The zero-order chi connectivity index (χ0) is 13.3. The summed E-state index contributed by atoms with van der Waals surface area (Å²) in [7, 11) is 1.85. The van der Waals surface area contributed by atoms with Crippen LogP contribution in [0.15, 0.2) is 18.2 Å². The first-order valence-corrected chi connectivity index (χ1v) is 6.90. The lowest BCUT2D eigenvalue weighted by molar-refractivity contribution is 0.0802. The number of hydrogen-bond donors (Lipinski definition) is 0. The van der Waals surface area contributed by atoms with Gasteiger partial charge < -0.3 is 4.90 Å². The van der Waals surface area contributed by atoms with E-state index in [1.807, 2.05) is 20.0 Å². The number of benzene rings is 1. The fourth-order valence-corrected chi connectivity index (χ4v) is 2.72. The van der Waals surface area contributed by atoms with Gasteiger partial charge in [0.2, 0.25) is 0 Å². The van der Waals surface area contributed by atoms with Gasteiger partial charge in [0.1, 0.15) is 0 Å². The van der Waals surface area contributed by atoms with Crippen molar-refractivity contribution in [1.82, 2.24) is 4.90 Å². The fourth-order valence-electron chi connectivity index (χ4n) is 2.72. The number of nitrogens with zero attached hydrogens (tertiary/aromatic N) is 1. The first kappa shape index (κ1) is 13.1. The van der Waals surface area contributed by atoms with Gasteiger partial charge in [-0.2, -0.15) is 0 Å². The lowest BCUT2D eigenvalue weighted by Crippen LogP contribution is -2.26. The Kier molecular flexibility index (Phi) is 3.47. The predicted molar refractivity (Wildman–Crippen MR) is 75.0 cm³/mol. The zero-order valence-corrected chi connectivity index (χ0v) is 11.9. The Morgan fingerprint density at radius 2 is 2.00 bits per heavy atom. The maximum atomic E-state index is 12.1. The van der Waals surface area contributed by atoms with Crippen molar-refractivity contribution in [2.75, 3.05) is 13.6 Å². The first-order chi connectivity index (χ1) is 8.54. The van der Waals surface area contributed by atoms with E-state index in [0.717, 1.165) is 12.1 Å². The molecule has 1 aliphatic rings. The molecule has 1 aromatic carbocycles. The van der Waals surface area contributed by atoms with Crippen LogP contribution in [0.1, 0.15) is 54.6 Å². The average Bonchev–Trinajstić information content (AvgIpc) is 3.17. The number of hydrogen-bond acceptors (Lipinski definition) is 1. The Morgan fingerprint density at radius 1 is 1.33 bits per heavy atom. The Bertz CT molecular complexity index is 460. The smallest absolute Gasteiger partial charge is 0.253 e. The third-order valence-electron chi connectivity index (χ3n) is 4.40. The monoisotopic (exact) mass is 245 g/mol. The van der Waals surface area contributed by atoms with Crippen molar-refractivity contribution >= 4 is 5.91 Å². The fraction of sp³-hybridized carbons (Fsp3) is 0.562. The number of carbonyl (C=O) groups is 1. The van der Waals surface area contributed by atoms with E-state index in [-0.39, 0.29) is 5.91 Å². The number of amides is 1. The molecule has 2 nitrogen and oxygen atoms in total. The summed E-state index contributed by atoms with van der Waals surface area (Å²) in [4.78, 5) is 13.9. The molecule has 0 heterocycles. The Balaban J connectivity index is 2.28. The molecule has 0 atom stereocenters. The second kappa shape index (κ2) is 4.75. The maximum Gasteiger partial charge on any atom is 0.253 e. The molecule has 0 unspecified atom stereocenters. The van der Waals surface area contributed by atoms with Crippen LogP contribution in [0.4, 0.5) is 0 Å². The normalized spacial score (nSPS) is 16.4. The zero-order valence-electron chi connectivity index (χ0n) is 11.9. The number of rotatable bonds is 4. The third-order valence-corrected chi connectivity index (χ3v) is 4.40. The van der Waals surface area contributed by atoms with Gasteiger partial charge in [-0.15, -0.1) is 0 Å². The SMILES string of the molecule is CCN(C)C(=O)c1ccc(C2(CC)CC2)c(C)c1. The molecule has 1 aromatic rings. The molecule has 1 aliphatic carbocycles. The van der Waals surface area contributed by atoms with E-state index in [1.54, 1.807) is 4.90 Å².